The molecule has 120 valence electrons. The van der Waals surface area contributed by atoms with Crippen LogP contribution in [0.3, 0.4) is 0 Å². The van der Waals surface area contributed by atoms with Crippen LogP contribution in [0.25, 0.3) is 6.08 Å². The Morgan fingerprint density at radius 2 is 2.23 bits per heavy atom. The van der Waals surface area contributed by atoms with Crippen molar-refractivity contribution in [1.82, 2.24) is 10.2 Å². The first kappa shape index (κ1) is 15.5. The van der Waals surface area contributed by atoms with Crippen molar-refractivity contribution in [2.75, 3.05) is 39.9 Å². The number of rotatable bonds is 7. The van der Waals surface area contributed by atoms with Gasteiger partial charge in [0.25, 0.3) is 0 Å². The number of hydrogen-bond acceptors (Lipinski definition) is 4. The molecule has 0 aromatic heterocycles. The summed E-state index contributed by atoms with van der Waals surface area (Å²) in [6.07, 6.45) is 7.32. The second-order valence-corrected chi connectivity index (χ2v) is 6.02. The van der Waals surface area contributed by atoms with Gasteiger partial charge in [-0.05, 0) is 18.9 Å². The van der Waals surface area contributed by atoms with Crippen LogP contribution in [0, 0.1) is 0 Å². The van der Waals surface area contributed by atoms with E-state index in [0.29, 0.717) is 6.10 Å². The maximum absolute atomic E-state index is 5.84. The Morgan fingerprint density at radius 3 is 3.05 bits per heavy atom. The SMILES string of the molecule is COc1ccccc1C=CCNCC1CN(C2CC2)CCO1. The third kappa shape index (κ3) is 4.32. The van der Waals surface area contributed by atoms with E-state index in [1.54, 1.807) is 7.11 Å². The van der Waals surface area contributed by atoms with E-state index in [1.807, 2.05) is 18.2 Å². The van der Waals surface area contributed by atoms with Gasteiger partial charge < -0.3 is 14.8 Å². The summed E-state index contributed by atoms with van der Waals surface area (Å²) in [4.78, 5) is 2.58. The first-order valence-electron chi connectivity index (χ1n) is 8.23. The first-order valence-corrected chi connectivity index (χ1v) is 8.23. The van der Waals surface area contributed by atoms with Crippen LogP contribution in [0.1, 0.15) is 18.4 Å². The largest absolute Gasteiger partial charge is 0.496 e. The van der Waals surface area contributed by atoms with Crippen LogP contribution in [-0.2, 0) is 4.74 Å². The molecule has 0 radical (unpaired) electrons. The molecule has 0 amide bonds. The highest BCUT2D eigenvalue weighted by Gasteiger charge is 2.32. The lowest BCUT2D eigenvalue weighted by molar-refractivity contribution is -0.0296. The van der Waals surface area contributed by atoms with Crippen molar-refractivity contribution < 1.29 is 9.47 Å². The molecule has 1 aliphatic heterocycles. The molecule has 2 aliphatic rings. The monoisotopic (exact) mass is 302 g/mol. The fourth-order valence-electron chi connectivity index (χ4n) is 2.95. The van der Waals surface area contributed by atoms with E-state index in [4.69, 9.17) is 9.47 Å². The molecule has 1 heterocycles. The van der Waals surface area contributed by atoms with E-state index >= 15 is 0 Å². The van der Waals surface area contributed by atoms with Crippen LogP contribution >= 0.6 is 0 Å². The van der Waals surface area contributed by atoms with Crippen LogP contribution in [-0.4, -0.2) is 56.9 Å². The van der Waals surface area contributed by atoms with Gasteiger partial charge in [-0.2, -0.15) is 0 Å². The van der Waals surface area contributed by atoms with Crippen LogP contribution in [0.4, 0.5) is 0 Å². The van der Waals surface area contributed by atoms with Crippen molar-refractivity contribution in [2.45, 2.75) is 25.0 Å². The minimum absolute atomic E-state index is 0.328. The maximum Gasteiger partial charge on any atom is 0.126 e. The number of benzene rings is 1. The second-order valence-electron chi connectivity index (χ2n) is 6.02. The number of ether oxygens (including phenoxy) is 2. The van der Waals surface area contributed by atoms with Gasteiger partial charge in [0.05, 0.1) is 19.8 Å². The molecule has 1 unspecified atom stereocenters. The zero-order chi connectivity index (χ0) is 15.2. The topological polar surface area (TPSA) is 33.7 Å². The molecular formula is C18H26N2O2. The predicted molar refractivity (Wildman–Crippen MR) is 89.2 cm³/mol. The minimum Gasteiger partial charge on any atom is -0.496 e. The van der Waals surface area contributed by atoms with Gasteiger partial charge in [0.1, 0.15) is 5.75 Å². The molecule has 3 rings (SSSR count). The van der Waals surface area contributed by atoms with E-state index < -0.39 is 0 Å². The third-order valence-corrected chi connectivity index (χ3v) is 4.30. The standard InChI is InChI=1S/C18H26N2O2/c1-21-18-7-3-2-5-15(18)6-4-10-19-13-17-14-20(11-12-22-17)16-8-9-16/h2-7,16-17,19H,8-14H2,1H3. The van der Waals surface area contributed by atoms with Gasteiger partial charge in [0.15, 0.2) is 0 Å². The normalized spacial score (nSPS) is 23.0. The molecule has 2 fully saturated rings. The summed E-state index contributed by atoms with van der Waals surface area (Å²) in [5.41, 5.74) is 1.11. The van der Waals surface area contributed by atoms with Gasteiger partial charge >= 0.3 is 0 Å². The molecular weight excluding hydrogens is 276 g/mol. The minimum atomic E-state index is 0.328. The highest BCUT2D eigenvalue weighted by molar-refractivity contribution is 5.57. The average Bonchev–Trinajstić information content (AvgIpc) is 3.40. The summed E-state index contributed by atoms with van der Waals surface area (Å²) in [6.45, 7) is 4.82. The third-order valence-electron chi connectivity index (χ3n) is 4.30. The van der Waals surface area contributed by atoms with E-state index in [9.17, 15) is 0 Å². The van der Waals surface area contributed by atoms with Gasteiger partial charge in [-0.25, -0.2) is 0 Å². The first-order chi connectivity index (χ1) is 10.9. The van der Waals surface area contributed by atoms with Crippen molar-refractivity contribution in [3.8, 4) is 5.75 Å². The van der Waals surface area contributed by atoms with Crippen LogP contribution in [0.15, 0.2) is 30.3 Å². The number of para-hydroxylation sites is 1. The number of morpholine rings is 1. The number of nitrogens with one attached hydrogen (secondary N) is 1. The van der Waals surface area contributed by atoms with Crippen molar-refractivity contribution in [2.24, 2.45) is 0 Å². The number of hydrogen-bond donors (Lipinski definition) is 1. The highest BCUT2D eigenvalue weighted by Crippen LogP contribution is 2.28. The zero-order valence-electron chi connectivity index (χ0n) is 13.3. The smallest absolute Gasteiger partial charge is 0.126 e. The highest BCUT2D eigenvalue weighted by atomic mass is 16.5. The molecule has 1 aromatic rings. The van der Waals surface area contributed by atoms with E-state index in [-0.39, 0.29) is 0 Å². The van der Waals surface area contributed by atoms with Crippen LogP contribution in [0.2, 0.25) is 0 Å². The maximum atomic E-state index is 5.84. The molecule has 4 nitrogen and oxygen atoms in total. The van der Waals surface area contributed by atoms with Crippen molar-refractivity contribution in [3.05, 3.63) is 35.9 Å². The summed E-state index contributed by atoms with van der Waals surface area (Å²) >= 11 is 0. The molecule has 22 heavy (non-hydrogen) atoms. The Kier molecular flexibility index (Phi) is 5.48. The Bertz CT molecular complexity index is 500. The molecule has 0 spiro atoms. The molecule has 0 bridgehead atoms. The molecule has 1 aliphatic carbocycles. The second kappa shape index (κ2) is 7.77. The molecule has 1 aromatic carbocycles. The number of nitrogens with zero attached hydrogens (tertiary/aromatic N) is 1. The lowest BCUT2D eigenvalue weighted by atomic mass is 10.2. The van der Waals surface area contributed by atoms with Crippen molar-refractivity contribution in [1.29, 1.82) is 0 Å². The molecule has 1 saturated heterocycles. The Hall–Kier alpha value is -1.36. The van der Waals surface area contributed by atoms with E-state index in [1.165, 1.54) is 12.8 Å². The molecule has 4 heteroatoms. The zero-order valence-corrected chi connectivity index (χ0v) is 13.3. The predicted octanol–water partition coefficient (Wildman–Crippen LogP) is 2.16. The summed E-state index contributed by atoms with van der Waals surface area (Å²) in [5.74, 6) is 0.912. The van der Waals surface area contributed by atoms with Gasteiger partial charge in [0, 0.05) is 37.8 Å². The van der Waals surface area contributed by atoms with Gasteiger partial charge in [-0.1, -0.05) is 30.4 Å². The van der Waals surface area contributed by atoms with Crippen LogP contribution < -0.4 is 10.1 Å². The lowest BCUT2D eigenvalue weighted by Crippen LogP contribution is -2.47. The summed E-state index contributed by atoms with van der Waals surface area (Å²) in [5, 5.41) is 3.46. The summed E-state index contributed by atoms with van der Waals surface area (Å²) in [6, 6.07) is 8.90. The summed E-state index contributed by atoms with van der Waals surface area (Å²) < 4.78 is 11.2. The Morgan fingerprint density at radius 1 is 1.36 bits per heavy atom. The number of methoxy groups -OCH3 is 1. The quantitative estimate of drug-likeness (QED) is 0.783. The molecule has 1 saturated carbocycles. The van der Waals surface area contributed by atoms with Gasteiger partial charge in [-0.3, -0.25) is 4.90 Å². The molecule has 1 N–H and O–H groups in total. The molecule has 1 atom stereocenters. The van der Waals surface area contributed by atoms with Gasteiger partial charge in [-0.15, -0.1) is 0 Å². The van der Waals surface area contributed by atoms with Gasteiger partial charge in [0.2, 0.25) is 0 Å². The Balaban J connectivity index is 1.38. The fraction of sp³-hybridized carbons (Fsp3) is 0.556. The van der Waals surface area contributed by atoms with E-state index in [2.05, 4.69) is 28.4 Å². The van der Waals surface area contributed by atoms with Crippen LogP contribution in [0.5, 0.6) is 5.75 Å². The Labute approximate surface area is 133 Å². The lowest BCUT2D eigenvalue weighted by Gasteiger charge is -2.33. The average molecular weight is 302 g/mol. The van der Waals surface area contributed by atoms with Crippen molar-refractivity contribution >= 4 is 6.08 Å². The summed E-state index contributed by atoms with van der Waals surface area (Å²) in [7, 11) is 1.71. The van der Waals surface area contributed by atoms with Crippen molar-refractivity contribution in [3.63, 3.8) is 0 Å². The van der Waals surface area contributed by atoms with E-state index in [0.717, 1.165) is 50.1 Å². The fourth-order valence-corrected chi connectivity index (χ4v) is 2.95.